The van der Waals surface area contributed by atoms with Gasteiger partial charge < -0.3 is 9.47 Å². The first-order chi connectivity index (χ1) is 8.72. The van der Waals surface area contributed by atoms with Gasteiger partial charge >= 0.3 is 5.97 Å². The van der Waals surface area contributed by atoms with Gasteiger partial charge in [-0.05, 0) is 43.4 Å². The number of esters is 1. The SMILES string of the molecule is CCOC(=O)CCCc1cccc(OC)c1CC. The van der Waals surface area contributed by atoms with Crippen LogP contribution in [0, 0.1) is 0 Å². The number of aryl methyl sites for hydroxylation is 1. The molecule has 0 saturated carbocycles. The lowest BCUT2D eigenvalue weighted by Gasteiger charge is -2.12. The minimum atomic E-state index is -0.113. The van der Waals surface area contributed by atoms with Gasteiger partial charge in [0.05, 0.1) is 13.7 Å². The maximum absolute atomic E-state index is 11.3. The van der Waals surface area contributed by atoms with Crippen molar-refractivity contribution in [2.24, 2.45) is 0 Å². The van der Waals surface area contributed by atoms with E-state index in [0.29, 0.717) is 13.0 Å². The fourth-order valence-electron chi connectivity index (χ4n) is 2.09. The zero-order valence-electron chi connectivity index (χ0n) is 11.5. The number of ether oxygens (including phenoxy) is 2. The first kappa shape index (κ1) is 14.6. The summed E-state index contributed by atoms with van der Waals surface area (Å²) in [5.74, 6) is 0.824. The molecule has 3 nitrogen and oxygen atoms in total. The molecule has 1 aromatic carbocycles. The number of rotatable bonds is 7. The standard InChI is InChI=1S/C15H22O3/c1-4-13-12(8-6-10-14(13)17-3)9-7-11-15(16)18-5-2/h6,8,10H,4-5,7,9,11H2,1-3H3. The average molecular weight is 250 g/mol. The second-order valence-corrected chi connectivity index (χ2v) is 4.11. The Morgan fingerprint density at radius 1 is 1.28 bits per heavy atom. The largest absolute Gasteiger partial charge is 0.496 e. The van der Waals surface area contributed by atoms with Gasteiger partial charge in [0.15, 0.2) is 0 Å². The number of carbonyl (C=O) groups is 1. The lowest BCUT2D eigenvalue weighted by molar-refractivity contribution is -0.143. The molecule has 0 aliphatic carbocycles. The minimum Gasteiger partial charge on any atom is -0.496 e. The van der Waals surface area contributed by atoms with Crippen LogP contribution in [0.4, 0.5) is 0 Å². The Kier molecular flexibility index (Phi) is 6.26. The average Bonchev–Trinajstić information content (AvgIpc) is 2.38. The number of hydrogen-bond donors (Lipinski definition) is 0. The predicted molar refractivity (Wildman–Crippen MR) is 71.9 cm³/mol. The molecule has 0 fully saturated rings. The predicted octanol–water partition coefficient (Wildman–Crippen LogP) is 3.14. The van der Waals surface area contributed by atoms with E-state index in [1.165, 1.54) is 11.1 Å². The third kappa shape index (κ3) is 4.06. The summed E-state index contributed by atoms with van der Waals surface area (Å²) in [5.41, 5.74) is 2.50. The van der Waals surface area contributed by atoms with Crippen LogP contribution in [0.2, 0.25) is 0 Å². The van der Waals surface area contributed by atoms with Crippen molar-refractivity contribution in [3.63, 3.8) is 0 Å². The summed E-state index contributed by atoms with van der Waals surface area (Å²) in [6.45, 7) is 4.40. The van der Waals surface area contributed by atoms with Gasteiger partial charge in [-0.15, -0.1) is 0 Å². The number of methoxy groups -OCH3 is 1. The quantitative estimate of drug-likeness (QED) is 0.697. The van der Waals surface area contributed by atoms with Crippen molar-refractivity contribution in [3.05, 3.63) is 29.3 Å². The van der Waals surface area contributed by atoms with Crippen LogP contribution in [0.15, 0.2) is 18.2 Å². The Balaban J connectivity index is 2.59. The Labute approximate surface area is 109 Å². The molecule has 1 rings (SSSR count). The molecule has 0 aliphatic heterocycles. The van der Waals surface area contributed by atoms with E-state index >= 15 is 0 Å². The fourth-order valence-corrected chi connectivity index (χ4v) is 2.09. The topological polar surface area (TPSA) is 35.5 Å². The summed E-state index contributed by atoms with van der Waals surface area (Å²) in [6.07, 6.45) is 3.13. The molecular formula is C15H22O3. The van der Waals surface area contributed by atoms with Crippen LogP contribution in [0.25, 0.3) is 0 Å². The molecule has 0 N–H and O–H groups in total. The van der Waals surface area contributed by atoms with Crippen molar-refractivity contribution in [1.29, 1.82) is 0 Å². The Hall–Kier alpha value is -1.51. The van der Waals surface area contributed by atoms with Gasteiger partial charge in [-0.2, -0.15) is 0 Å². The van der Waals surface area contributed by atoms with E-state index in [-0.39, 0.29) is 5.97 Å². The summed E-state index contributed by atoms with van der Waals surface area (Å²) < 4.78 is 10.3. The van der Waals surface area contributed by atoms with Crippen LogP contribution >= 0.6 is 0 Å². The maximum atomic E-state index is 11.3. The highest BCUT2D eigenvalue weighted by Crippen LogP contribution is 2.24. The second kappa shape index (κ2) is 7.75. The lowest BCUT2D eigenvalue weighted by atomic mass is 9.99. The van der Waals surface area contributed by atoms with Gasteiger partial charge in [-0.1, -0.05) is 19.1 Å². The summed E-state index contributed by atoms with van der Waals surface area (Å²) in [4.78, 5) is 11.3. The van der Waals surface area contributed by atoms with Crippen molar-refractivity contribution in [1.82, 2.24) is 0 Å². The molecule has 0 radical (unpaired) electrons. The van der Waals surface area contributed by atoms with Gasteiger partial charge in [0.1, 0.15) is 5.75 Å². The molecule has 0 bridgehead atoms. The van der Waals surface area contributed by atoms with Crippen molar-refractivity contribution in [3.8, 4) is 5.75 Å². The molecule has 1 aromatic rings. The van der Waals surface area contributed by atoms with Gasteiger partial charge in [0.2, 0.25) is 0 Å². The van der Waals surface area contributed by atoms with Crippen molar-refractivity contribution < 1.29 is 14.3 Å². The summed E-state index contributed by atoms with van der Waals surface area (Å²) in [6, 6.07) is 6.08. The molecule has 3 heteroatoms. The van der Waals surface area contributed by atoms with Gasteiger partial charge in [-0.3, -0.25) is 4.79 Å². The third-order valence-corrected chi connectivity index (χ3v) is 2.94. The Morgan fingerprint density at radius 3 is 2.67 bits per heavy atom. The molecule has 0 saturated heterocycles. The maximum Gasteiger partial charge on any atom is 0.305 e. The van der Waals surface area contributed by atoms with Gasteiger partial charge in [-0.25, -0.2) is 0 Å². The van der Waals surface area contributed by atoms with Crippen LogP contribution in [-0.2, 0) is 22.4 Å². The molecule has 0 aromatic heterocycles. The van der Waals surface area contributed by atoms with Crippen LogP contribution < -0.4 is 4.74 Å². The smallest absolute Gasteiger partial charge is 0.305 e. The van der Waals surface area contributed by atoms with Crippen molar-refractivity contribution in [2.45, 2.75) is 39.5 Å². The van der Waals surface area contributed by atoms with E-state index in [0.717, 1.165) is 25.0 Å². The van der Waals surface area contributed by atoms with Crippen molar-refractivity contribution in [2.75, 3.05) is 13.7 Å². The van der Waals surface area contributed by atoms with Crippen LogP contribution in [-0.4, -0.2) is 19.7 Å². The molecule has 0 unspecified atom stereocenters. The first-order valence-electron chi connectivity index (χ1n) is 6.53. The molecule has 0 amide bonds. The van der Waals surface area contributed by atoms with E-state index in [1.54, 1.807) is 7.11 Å². The second-order valence-electron chi connectivity index (χ2n) is 4.11. The Morgan fingerprint density at radius 2 is 2.06 bits per heavy atom. The highest BCUT2D eigenvalue weighted by molar-refractivity contribution is 5.69. The molecule has 18 heavy (non-hydrogen) atoms. The van der Waals surface area contributed by atoms with E-state index in [1.807, 2.05) is 19.1 Å². The molecule has 0 heterocycles. The van der Waals surface area contributed by atoms with Gasteiger partial charge in [0, 0.05) is 6.42 Å². The van der Waals surface area contributed by atoms with E-state index in [4.69, 9.17) is 9.47 Å². The van der Waals surface area contributed by atoms with Gasteiger partial charge in [0.25, 0.3) is 0 Å². The third-order valence-electron chi connectivity index (χ3n) is 2.94. The highest BCUT2D eigenvalue weighted by atomic mass is 16.5. The van der Waals surface area contributed by atoms with Crippen LogP contribution in [0.5, 0.6) is 5.75 Å². The molecule has 0 aliphatic rings. The normalized spacial score (nSPS) is 10.2. The van der Waals surface area contributed by atoms with E-state index < -0.39 is 0 Å². The Bertz CT molecular complexity index is 385. The number of benzene rings is 1. The number of carbonyl (C=O) groups excluding carboxylic acids is 1. The van der Waals surface area contributed by atoms with Crippen LogP contribution in [0.3, 0.4) is 0 Å². The summed E-state index contributed by atoms with van der Waals surface area (Å²) >= 11 is 0. The zero-order valence-corrected chi connectivity index (χ0v) is 11.5. The molecule has 0 atom stereocenters. The lowest BCUT2D eigenvalue weighted by Crippen LogP contribution is -2.05. The molecule has 100 valence electrons. The van der Waals surface area contributed by atoms with E-state index in [9.17, 15) is 4.79 Å². The zero-order chi connectivity index (χ0) is 13.4. The first-order valence-corrected chi connectivity index (χ1v) is 6.53. The molecular weight excluding hydrogens is 228 g/mol. The monoisotopic (exact) mass is 250 g/mol. The van der Waals surface area contributed by atoms with Crippen LogP contribution in [0.1, 0.15) is 37.8 Å². The summed E-state index contributed by atoms with van der Waals surface area (Å²) in [7, 11) is 1.69. The van der Waals surface area contributed by atoms with E-state index in [2.05, 4.69) is 13.0 Å². The molecule has 0 spiro atoms. The van der Waals surface area contributed by atoms with Crippen molar-refractivity contribution >= 4 is 5.97 Å². The fraction of sp³-hybridized carbons (Fsp3) is 0.533. The highest BCUT2D eigenvalue weighted by Gasteiger charge is 2.08. The number of hydrogen-bond acceptors (Lipinski definition) is 3. The summed E-state index contributed by atoms with van der Waals surface area (Å²) in [5, 5.41) is 0. The minimum absolute atomic E-state index is 0.113.